The molecule has 2 rings (SSSR count). The van der Waals surface area contributed by atoms with E-state index < -0.39 is 10.0 Å². The van der Waals surface area contributed by atoms with Gasteiger partial charge in [0.2, 0.25) is 10.0 Å². The van der Waals surface area contributed by atoms with Crippen molar-refractivity contribution in [2.75, 3.05) is 13.1 Å². The molecule has 1 aromatic carbocycles. The fraction of sp³-hybridized carbons (Fsp3) is 0.600. The number of rotatable bonds is 7. The molecule has 0 unspecified atom stereocenters. The molecule has 1 aliphatic heterocycles. The highest BCUT2D eigenvalue weighted by atomic mass is 79.9. The number of hydrogen-bond donors (Lipinski definition) is 2. The van der Waals surface area contributed by atoms with Crippen LogP contribution in [0.1, 0.15) is 38.2 Å². The molecule has 6 heteroatoms. The van der Waals surface area contributed by atoms with Crippen LogP contribution in [-0.4, -0.2) is 27.0 Å². The molecule has 0 amide bonds. The Morgan fingerprint density at radius 3 is 2.67 bits per heavy atom. The molecule has 1 saturated heterocycles. The van der Waals surface area contributed by atoms with Crippen LogP contribution in [0.2, 0.25) is 0 Å². The minimum atomic E-state index is -3.25. The summed E-state index contributed by atoms with van der Waals surface area (Å²) in [5.41, 5.74) is 0.993. The summed E-state index contributed by atoms with van der Waals surface area (Å²) < 4.78 is 27.7. The van der Waals surface area contributed by atoms with E-state index in [9.17, 15) is 8.42 Å². The number of sulfonamides is 1. The van der Waals surface area contributed by atoms with Crippen LogP contribution in [0.3, 0.4) is 0 Å². The van der Waals surface area contributed by atoms with Crippen molar-refractivity contribution in [3.63, 3.8) is 0 Å². The van der Waals surface area contributed by atoms with Gasteiger partial charge in [-0.25, -0.2) is 13.1 Å². The van der Waals surface area contributed by atoms with Gasteiger partial charge in [0.15, 0.2) is 0 Å². The molecule has 2 N–H and O–H groups in total. The summed E-state index contributed by atoms with van der Waals surface area (Å²) in [6.07, 6.45) is 4.27. The van der Waals surface area contributed by atoms with Gasteiger partial charge >= 0.3 is 0 Å². The first-order valence-corrected chi connectivity index (χ1v) is 9.80. The van der Waals surface area contributed by atoms with Crippen molar-refractivity contribution in [2.24, 2.45) is 0 Å². The zero-order valence-electron chi connectivity index (χ0n) is 12.4. The van der Waals surface area contributed by atoms with E-state index in [0.29, 0.717) is 6.54 Å². The normalized spacial score (nSPS) is 22.6. The lowest BCUT2D eigenvalue weighted by Crippen LogP contribution is -2.37. The van der Waals surface area contributed by atoms with Crippen LogP contribution in [0.25, 0.3) is 0 Å². The largest absolute Gasteiger partial charge is 0.312 e. The van der Waals surface area contributed by atoms with Crippen LogP contribution in [0.15, 0.2) is 28.7 Å². The fourth-order valence-corrected chi connectivity index (χ4v) is 4.18. The lowest BCUT2D eigenvalue weighted by molar-refractivity contribution is 0.373. The maximum Gasteiger partial charge on any atom is 0.215 e. The molecule has 1 aromatic rings. The standard InChI is InChI=1S/C15H23BrN2O2S/c1-15(8-2-10-17-15)9-3-11-18-21(19,20)12-13-4-6-14(16)7-5-13/h4-7,17-18H,2-3,8-12H2,1H3/t15-/m0/s1. The minimum absolute atomic E-state index is 0.0375. The number of nitrogens with one attached hydrogen (secondary N) is 2. The number of hydrogen-bond acceptors (Lipinski definition) is 3. The van der Waals surface area contributed by atoms with Gasteiger partial charge in [0.1, 0.15) is 0 Å². The zero-order chi connectivity index (χ0) is 15.3. The second kappa shape index (κ2) is 7.22. The predicted octanol–water partition coefficient (Wildman–Crippen LogP) is 2.79. The summed E-state index contributed by atoms with van der Waals surface area (Å²) in [6, 6.07) is 7.37. The Labute approximate surface area is 135 Å². The third kappa shape index (κ3) is 5.70. The zero-order valence-corrected chi connectivity index (χ0v) is 14.8. The van der Waals surface area contributed by atoms with Crippen LogP contribution in [0, 0.1) is 0 Å². The highest BCUT2D eigenvalue weighted by Crippen LogP contribution is 2.23. The molecule has 0 bridgehead atoms. The molecule has 0 aromatic heterocycles. The molecule has 0 saturated carbocycles. The molecule has 0 radical (unpaired) electrons. The van der Waals surface area contributed by atoms with Gasteiger partial charge in [-0.1, -0.05) is 28.1 Å². The maximum atomic E-state index is 12.0. The molecule has 1 fully saturated rings. The molecule has 118 valence electrons. The maximum absolute atomic E-state index is 12.0. The topological polar surface area (TPSA) is 58.2 Å². The van der Waals surface area contributed by atoms with Crippen LogP contribution in [-0.2, 0) is 15.8 Å². The Bertz CT molecular complexity index is 552. The molecule has 4 nitrogen and oxygen atoms in total. The summed E-state index contributed by atoms with van der Waals surface area (Å²) in [5, 5.41) is 3.49. The molecule has 1 heterocycles. The monoisotopic (exact) mass is 374 g/mol. The van der Waals surface area contributed by atoms with Crippen molar-refractivity contribution >= 4 is 26.0 Å². The van der Waals surface area contributed by atoms with Crippen molar-refractivity contribution in [1.29, 1.82) is 0 Å². The Hall–Kier alpha value is -0.430. The van der Waals surface area contributed by atoms with Gasteiger partial charge in [-0.05, 0) is 56.8 Å². The van der Waals surface area contributed by atoms with Crippen LogP contribution in [0.5, 0.6) is 0 Å². The van der Waals surface area contributed by atoms with Crippen molar-refractivity contribution in [2.45, 2.75) is 43.9 Å². The van der Waals surface area contributed by atoms with Gasteiger partial charge in [0.05, 0.1) is 5.75 Å². The summed E-state index contributed by atoms with van der Waals surface area (Å²) in [5.74, 6) is 0.0375. The van der Waals surface area contributed by atoms with Crippen LogP contribution in [0.4, 0.5) is 0 Å². The van der Waals surface area contributed by atoms with Gasteiger partial charge in [0, 0.05) is 16.6 Å². The number of benzene rings is 1. The van der Waals surface area contributed by atoms with Gasteiger partial charge in [-0.2, -0.15) is 0 Å². The Balaban J connectivity index is 1.75. The number of halogens is 1. The average Bonchev–Trinajstić information content (AvgIpc) is 2.85. The van der Waals surface area contributed by atoms with E-state index >= 15 is 0 Å². The Kier molecular flexibility index (Phi) is 5.82. The second-order valence-corrected chi connectivity index (χ2v) is 8.70. The van der Waals surface area contributed by atoms with Gasteiger partial charge < -0.3 is 5.32 Å². The van der Waals surface area contributed by atoms with Gasteiger partial charge in [-0.15, -0.1) is 0 Å². The lowest BCUT2D eigenvalue weighted by atomic mass is 9.94. The van der Waals surface area contributed by atoms with Crippen LogP contribution < -0.4 is 10.0 Å². The second-order valence-electron chi connectivity index (χ2n) is 5.97. The summed E-state index contributed by atoms with van der Waals surface area (Å²) in [4.78, 5) is 0. The first kappa shape index (κ1) is 16.9. The van der Waals surface area contributed by atoms with E-state index in [1.807, 2.05) is 24.3 Å². The van der Waals surface area contributed by atoms with Crippen LogP contribution >= 0.6 is 15.9 Å². The quantitative estimate of drug-likeness (QED) is 0.721. The predicted molar refractivity (Wildman–Crippen MR) is 89.6 cm³/mol. The van der Waals surface area contributed by atoms with E-state index in [2.05, 4.69) is 32.9 Å². The molecule has 21 heavy (non-hydrogen) atoms. The first-order chi connectivity index (χ1) is 9.89. The minimum Gasteiger partial charge on any atom is -0.312 e. The van der Waals surface area contributed by atoms with Crippen molar-refractivity contribution in [1.82, 2.24) is 10.0 Å². The SMILES string of the molecule is C[C@@]1(CCCNS(=O)(=O)Cc2ccc(Br)cc2)CCCN1. The van der Waals surface area contributed by atoms with Gasteiger partial charge in [-0.3, -0.25) is 0 Å². The molecular weight excluding hydrogens is 352 g/mol. The smallest absolute Gasteiger partial charge is 0.215 e. The third-order valence-corrected chi connectivity index (χ3v) is 5.84. The summed E-state index contributed by atoms with van der Waals surface area (Å²) in [6.45, 7) is 3.80. The van der Waals surface area contributed by atoms with E-state index in [4.69, 9.17) is 0 Å². The summed E-state index contributed by atoms with van der Waals surface area (Å²) >= 11 is 3.34. The third-order valence-electron chi connectivity index (χ3n) is 3.95. The van der Waals surface area contributed by atoms with Crippen molar-refractivity contribution in [3.8, 4) is 0 Å². The fourth-order valence-electron chi connectivity index (χ4n) is 2.73. The molecule has 1 atom stereocenters. The van der Waals surface area contributed by atoms with Crippen molar-refractivity contribution in [3.05, 3.63) is 34.3 Å². The molecule has 0 aliphatic carbocycles. The Morgan fingerprint density at radius 2 is 2.05 bits per heavy atom. The summed E-state index contributed by atoms with van der Waals surface area (Å²) in [7, 11) is -3.25. The molecule has 0 spiro atoms. The highest BCUT2D eigenvalue weighted by molar-refractivity contribution is 9.10. The van der Waals surface area contributed by atoms with E-state index in [-0.39, 0.29) is 11.3 Å². The molecule has 1 aliphatic rings. The van der Waals surface area contributed by atoms with E-state index in [1.54, 1.807) is 0 Å². The lowest BCUT2D eigenvalue weighted by Gasteiger charge is -2.24. The molecular formula is C15H23BrN2O2S. The Morgan fingerprint density at radius 1 is 1.33 bits per heavy atom. The van der Waals surface area contributed by atoms with Gasteiger partial charge in [0.25, 0.3) is 0 Å². The van der Waals surface area contributed by atoms with Crippen molar-refractivity contribution < 1.29 is 8.42 Å². The first-order valence-electron chi connectivity index (χ1n) is 7.35. The van der Waals surface area contributed by atoms with E-state index in [0.717, 1.165) is 29.4 Å². The average molecular weight is 375 g/mol. The van der Waals surface area contributed by atoms with E-state index in [1.165, 1.54) is 12.8 Å². The highest BCUT2D eigenvalue weighted by Gasteiger charge is 2.27.